The van der Waals surface area contributed by atoms with Gasteiger partial charge >= 0.3 is 6.03 Å². The summed E-state index contributed by atoms with van der Waals surface area (Å²) in [7, 11) is 1.61. The van der Waals surface area contributed by atoms with E-state index in [4.69, 9.17) is 9.15 Å². The molecule has 1 saturated carbocycles. The Labute approximate surface area is 141 Å². The fourth-order valence-electron chi connectivity index (χ4n) is 2.37. The molecule has 0 saturated heterocycles. The van der Waals surface area contributed by atoms with Crippen molar-refractivity contribution >= 4 is 11.7 Å². The van der Waals surface area contributed by atoms with Gasteiger partial charge in [0.25, 0.3) is 0 Å². The Morgan fingerprint density at radius 1 is 1.38 bits per heavy atom. The molecule has 2 aromatic heterocycles. The van der Waals surface area contributed by atoms with Gasteiger partial charge in [-0.25, -0.2) is 14.8 Å². The van der Waals surface area contributed by atoms with Gasteiger partial charge < -0.3 is 19.4 Å². The maximum absolute atomic E-state index is 12.5. The van der Waals surface area contributed by atoms with E-state index >= 15 is 0 Å². The first-order valence-electron chi connectivity index (χ1n) is 8.08. The van der Waals surface area contributed by atoms with E-state index in [0.29, 0.717) is 31.3 Å². The average molecular weight is 330 g/mol. The van der Waals surface area contributed by atoms with Crippen molar-refractivity contribution in [2.75, 3.05) is 25.6 Å². The molecule has 7 nitrogen and oxygen atoms in total. The lowest BCUT2D eigenvalue weighted by Crippen LogP contribution is -2.36. The Morgan fingerprint density at radius 2 is 2.12 bits per heavy atom. The van der Waals surface area contributed by atoms with Crippen molar-refractivity contribution in [1.29, 1.82) is 0 Å². The summed E-state index contributed by atoms with van der Waals surface area (Å²) in [4.78, 5) is 22.8. The van der Waals surface area contributed by atoms with Gasteiger partial charge in [0.15, 0.2) is 0 Å². The van der Waals surface area contributed by atoms with E-state index < -0.39 is 0 Å². The maximum Gasteiger partial charge on any atom is 0.322 e. The fraction of sp³-hybridized carbons (Fsp3) is 0.471. The number of carbonyl (C=O) groups is 1. The highest BCUT2D eigenvalue weighted by Gasteiger charge is 2.26. The van der Waals surface area contributed by atoms with E-state index in [1.54, 1.807) is 24.4 Å². The number of nitrogens with one attached hydrogen (secondary N) is 1. The fourth-order valence-corrected chi connectivity index (χ4v) is 2.37. The highest BCUT2D eigenvalue weighted by Crippen LogP contribution is 2.37. The first-order chi connectivity index (χ1) is 11.7. The van der Waals surface area contributed by atoms with Gasteiger partial charge in [0.2, 0.25) is 0 Å². The molecule has 7 heteroatoms. The minimum Gasteiger partial charge on any atom is -0.464 e. The van der Waals surface area contributed by atoms with E-state index in [-0.39, 0.29) is 6.03 Å². The molecule has 2 amide bonds. The van der Waals surface area contributed by atoms with Gasteiger partial charge in [-0.3, -0.25) is 0 Å². The number of methoxy groups -OCH3 is 1. The van der Waals surface area contributed by atoms with Crippen LogP contribution in [-0.4, -0.2) is 41.2 Å². The van der Waals surface area contributed by atoms with Gasteiger partial charge in [0.05, 0.1) is 31.2 Å². The number of ether oxygens (including phenoxy) is 1. The average Bonchev–Trinajstić information content (AvgIpc) is 3.35. The number of urea groups is 1. The second kappa shape index (κ2) is 7.44. The summed E-state index contributed by atoms with van der Waals surface area (Å²) < 4.78 is 10.6. The van der Waals surface area contributed by atoms with E-state index in [0.717, 1.165) is 30.2 Å². The molecule has 1 aliphatic carbocycles. The molecule has 3 rings (SSSR count). The first-order valence-corrected chi connectivity index (χ1v) is 8.08. The first kappa shape index (κ1) is 16.4. The molecular formula is C17H22N4O3. The third-order valence-corrected chi connectivity index (χ3v) is 3.86. The molecule has 0 bridgehead atoms. The van der Waals surface area contributed by atoms with Crippen LogP contribution >= 0.6 is 0 Å². The molecule has 2 aromatic rings. The van der Waals surface area contributed by atoms with Crippen molar-refractivity contribution < 1.29 is 13.9 Å². The molecule has 0 aliphatic heterocycles. The van der Waals surface area contributed by atoms with Gasteiger partial charge in [-0.1, -0.05) is 0 Å². The normalized spacial score (nSPS) is 13.8. The highest BCUT2D eigenvalue weighted by atomic mass is 16.5. The van der Waals surface area contributed by atoms with Crippen LogP contribution < -0.4 is 5.32 Å². The molecule has 0 atom stereocenters. The molecule has 2 heterocycles. The Hall–Kier alpha value is -2.41. The number of nitrogens with zero attached hydrogens (tertiary/aromatic N) is 3. The number of anilines is 1. The van der Waals surface area contributed by atoms with Crippen LogP contribution in [0.3, 0.4) is 0 Å². The Morgan fingerprint density at radius 3 is 2.71 bits per heavy atom. The number of furan rings is 1. The number of hydrogen-bond acceptors (Lipinski definition) is 5. The van der Waals surface area contributed by atoms with Gasteiger partial charge in [0.1, 0.15) is 17.3 Å². The summed E-state index contributed by atoms with van der Waals surface area (Å²) in [5, 5.41) is 2.83. The molecule has 128 valence electrons. The molecule has 0 aromatic carbocycles. The SMILES string of the molecule is COCCN(Cc1ccc(C)o1)C(=O)Nc1cnc(C2CC2)nc1. The van der Waals surface area contributed by atoms with Crippen molar-refractivity contribution in [3.63, 3.8) is 0 Å². The molecule has 1 N–H and O–H groups in total. The molecule has 0 radical (unpaired) electrons. The van der Waals surface area contributed by atoms with Crippen molar-refractivity contribution in [3.8, 4) is 0 Å². The summed E-state index contributed by atoms with van der Waals surface area (Å²) in [6.07, 6.45) is 5.62. The van der Waals surface area contributed by atoms with Crippen LogP contribution in [0.15, 0.2) is 28.9 Å². The number of rotatable bonds is 7. The molecular weight excluding hydrogens is 308 g/mol. The van der Waals surface area contributed by atoms with Crippen molar-refractivity contribution in [3.05, 3.63) is 41.9 Å². The Kier molecular flexibility index (Phi) is 5.10. The summed E-state index contributed by atoms with van der Waals surface area (Å²) in [5.41, 5.74) is 0.586. The van der Waals surface area contributed by atoms with E-state index in [2.05, 4.69) is 15.3 Å². The quantitative estimate of drug-likeness (QED) is 0.844. The summed E-state index contributed by atoms with van der Waals surface area (Å²) in [5.74, 6) is 2.91. The van der Waals surface area contributed by atoms with Crippen molar-refractivity contribution in [1.82, 2.24) is 14.9 Å². The zero-order chi connectivity index (χ0) is 16.9. The zero-order valence-electron chi connectivity index (χ0n) is 14.0. The van der Waals surface area contributed by atoms with Gasteiger partial charge in [-0.05, 0) is 31.9 Å². The maximum atomic E-state index is 12.5. The molecule has 24 heavy (non-hydrogen) atoms. The Bertz CT molecular complexity index is 679. The highest BCUT2D eigenvalue weighted by molar-refractivity contribution is 5.88. The van der Waals surface area contributed by atoms with Gasteiger partial charge in [0, 0.05) is 19.6 Å². The predicted molar refractivity (Wildman–Crippen MR) is 88.8 cm³/mol. The standard InChI is InChI=1S/C17H22N4O3/c1-12-3-6-15(24-12)11-21(7-8-23-2)17(22)20-14-9-18-16(19-10-14)13-4-5-13/h3,6,9-10,13H,4-5,7-8,11H2,1-2H3,(H,20,22). The smallest absolute Gasteiger partial charge is 0.322 e. The van der Waals surface area contributed by atoms with Crippen molar-refractivity contribution in [2.45, 2.75) is 32.2 Å². The van der Waals surface area contributed by atoms with Gasteiger partial charge in [-0.2, -0.15) is 0 Å². The van der Waals surface area contributed by atoms with Crippen LogP contribution in [0.5, 0.6) is 0 Å². The summed E-state index contributed by atoms with van der Waals surface area (Å²) >= 11 is 0. The van der Waals surface area contributed by atoms with E-state index in [1.807, 2.05) is 19.1 Å². The largest absolute Gasteiger partial charge is 0.464 e. The van der Waals surface area contributed by atoms with Crippen LogP contribution in [-0.2, 0) is 11.3 Å². The lowest BCUT2D eigenvalue weighted by Gasteiger charge is -2.21. The second-order valence-corrected chi connectivity index (χ2v) is 5.96. The molecule has 1 fully saturated rings. The van der Waals surface area contributed by atoms with Crippen LogP contribution in [0.4, 0.5) is 10.5 Å². The predicted octanol–water partition coefficient (Wildman–Crippen LogP) is 2.94. The molecule has 1 aliphatic rings. The van der Waals surface area contributed by atoms with Crippen LogP contribution in [0, 0.1) is 6.92 Å². The lowest BCUT2D eigenvalue weighted by atomic mass is 10.4. The minimum atomic E-state index is -0.233. The van der Waals surface area contributed by atoms with E-state index in [9.17, 15) is 4.79 Å². The zero-order valence-corrected chi connectivity index (χ0v) is 14.0. The third kappa shape index (κ3) is 4.32. The minimum absolute atomic E-state index is 0.233. The number of hydrogen-bond donors (Lipinski definition) is 1. The molecule has 0 unspecified atom stereocenters. The Balaban J connectivity index is 1.63. The summed E-state index contributed by atoms with van der Waals surface area (Å²) in [6.45, 7) is 3.17. The second-order valence-electron chi connectivity index (χ2n) is 5.96. The van der Waals surface area contributed by atoms with Gasteiger partial charge in [-0.15, -0.1) is 0 Å². The number of aryl methyl sites for hydroxylation is 1. The number of aromatic nitrogens is 2. The number of amides is 2. The monoisotopic (exact) mass is 330 g/mol. The van der Waals surface area contributed by atoms with E-state index in [1.165, 1.54) is 0 Å². The third-order valence-electron chi connectivity index (χ3n) is 3.86. The van der Waals surface area contributed by atoms with Crippen LogP contribution in [0.25, 0.3) is 0 Å². The topological polar surface area (TPSA) is 80.5 Å². The molecule has 0 spiro atoms. The van der Waals surface area contributed by atoms with Crippen LogP contribution in [0.1, 0.15) is 36.1 Å². The van der Waals surface area contributed by atoms with Crippen molar-refractivity contribution in [2.24, 2.45) is 0 Å². The lowest BCUT2D eigenvalue weighted by molar-refractivity contribution is 0.149. The van der Waals surface area contributed by atoms with Crippen LogP contribution in [0.2, 0.25) is 0 Å². The number of carbonyl (C=O) groups excluding carboxylic acids is 1. The summed E-state index contributed by atoms with van der Waals surface area (Å²) in [6, 6.07) is 3.52.